The van der Waals surface area contributed by atoms with Crippen LogP contribution in [0, 0.1) is 11.3 Å². The Morgan fingerprint density at radius 1 is 1.14 bits per heavy atom. The minimum Gasteiger partial charge on any atom is -0.319 e. The second kappa shape index (κ2) is 7.38. The number of nitrogens with one attached hydrogen (secondary N) is 2. The normalized spacial score (nSPS) is 12.9. The lowest BCUT2D eigenvalue weighted by Gasteiger charge is -2.29. The first-order valence-electron chi connectivity index (χ1n) is 7.42. The van der Waals surface area contributed by atoms with Crippen molar-refractivity contribution in [3.63, 3.8) is 0 Å². The Hall–Kier alpha value is -0.910. The summed E-state index contributed by atoms with van der Waals surface area (Å²) in [6.45, 7) is 9.67. The summed E-state index contributed by atoms with van der Waals surface area (Å²) < 4.78 is 27.3. The van der Waals surface area contributed by atoms with Crippen molar-refractivity contribution in [2.45, 2.75) is 39.0 Å². The second-order valence-corrected chi connectivity index (χ2v) is 8.23. The molecule has 0 aromatic heterocycles. The first kappa shape index (κ1) is 18.1. The van der Waals surface area contributed by atoms with Crippen LogP contribution in [0.2, 0.25) is 0 Å². The van der Waals surface area contributed by atoms with Crippen molar-refractivity contribution in [3.05, 3.63) is 29.8 Å². The summed E-state index contributed by atoms with van der Waals surface area (Å²) in [4.78, 5) is 0.329. The maximum absolute atomic E-state index is 12.3. The van der Waals surface area contributed by atoms with Gasteiger partial charge >= 0.3 is 0 Å². The summed E-state index contributed by atoms with van der Waals surface area (Å²) >= 11 is 0. The van der Waals surface area contributed by atoms with E-state index in [4.69, 9.17) is 0 Å². The van der Waals surface area contributed by atoms with Gasteiger partial charge in [-0.1, -0.05) is 39.8 Å². The third kappa shape index (κ3) is 5.41. The average molecular weight is 312 g/mol. The van der Waals surface area contributed by atoms with Crippen molar-refractivity contribution in [2.75, 3.05) is 20.1 Å². The van der Waals surface area contributed by atoms with E-state index >= 15 is 0 Å². The molecule has 1 rings (SSSR count). The minimum atomic E-state index is -3.43. The molecule has 2 N–H and O–H groups in total. The van der Waals surface area contributed by atoms with Gasteiger partial charge in [0.05, 0.1) is 4.90 Å². The van der Waals surface area contributed by atoms with Gasteiger partial charge in [0.25, 0.3) is 0 Å². The molecule has 120 valence electrons. The van der Waals surface area contributed by atoms with Crippen LogP contribution in [-0.2, 0) is 16.4 Å². The van der Waals surface area contributed by atoms with Crippen molar-refractivity contribution in [1.29, 1.82) is 0 Å². The largest absolute Gasteiger partial charge is 0.319 e. The zero-order chi connectivity index (χ0) is 16.1. The van der Waals surface area contributed by atoms with Gasteiger partial charge in [0, 0.05) is 6.54 Å². The third-order valence-electron chi connectivity index (χ3n) is 4.18. The molecule has 5 heteroatoms. The first-order chi connectivity index (χ1) is 9.69. The summed E-state index contributed by atoms with van der Waals surface area (Å²) in [7, 11) is -1.53. The van der Waals surface area contributed by atoms with E-state index < -0.39 is 10.0 Å². The molecule has 0 aliphatic rings. The Morgan fingerprint density at radius 3 is 2.19 bits per heavy atom. The molecule has 0 aliphatic heterocycles. The predicted octanol–water partition coefficient (Wildman–Crippen LogP) is 2.41. The highest BCUT2D eigenvalue weighted by atomic mass is 32.2. The molecule has 1 aromatic rings. The van der Waals surface area contributed by atoms with Crippen molar-refractivity contribution in [2.24, 2.45) is 11.3 Å². The van der Waals surface area contributed by atoms with Gasteiger partial charge < -0.3 is 5.32 Å². The minimum absolute atomic E-state index is 0.0696. The van der Waals surface area contributed by atoms with Crippen molar-refractivity contribution >= 4 is 10.0 Å². The zero-order valence-electron chi connectivity index (χ0n) is 13.7. The van der Waals surface area contributed by atoms with Gasteiger partial charge in [0.15, 0.2) is 0 Å². The Kier molecular flexibility index (Phi) is 6.38. The number of hydrogen-bond acceptors (Lipinski definition) is 3. The van der Waals surface area contributed by atoms with Gasteiger partial charge in [-0.05, 0) is 49.0 Å². The molecule has 0 radical (unpaired) electrons. The molecule has 4 nitrogen and oxygen atoms in total. The van der Waals surface area contributed by atoms with Crippen LogP contribution in [0.3, 0.4) is 0 Å². The van der Waals surface area contributed by atoms with Crippen LogP contribution < -0.4 is 10.0 Å². The molecular formula is C16H28N2O2S. The van der Waals surface area contributed by atoms with E-state index in [1.807, 2.05) is 19.2 Å². The fourth-order valence-corrected chi connectivity index (χ4v) is 2.90. The lowest BCUT2D eigenvalue weighted by Crippen LogP contribution is -2.36. The number of benzene rings is 1. The van der Waals surface area contributed by atoms with Crippen LogP contribution in [0.5, 0.6) is 0 Å². The Morgan fingerprint density at radius 2 is 1.71 bits per heavy atom. The van der Waals surface area contributed by atoms with Crippen molar-refractivity contribution in [1.82, 2.24) is 10.0 Å². The molecule has 0 saturated heterocycles. The van der Waals surface area contributed by atoms with E-state index in [9.17, 15) is 8.42 Å². The molecule has 0 atom stereocenters. The van der Waals surface area contributed by atoms with Gasteiger partial charge in [-0.3, -0.25) is 0 Å². The fourth-order valence-electron chi connectivity index (χ4n) is 1.67. The Labute approximate surface area is 129 Å². The highest BCUT2D eigenvalue weighted by Crippen LogP contribution is 2.25. The molecule has 0 amide bonds. The van der Waals surface area contributed by atoms with E-state index in [0.717, 1.165) is 18.5 Å². The summed E-state index contributed by atoms with van der Waals surface area (Å²) in [6, 6.07) is 7.10. The zero-order valence-corrected chi connectivity index (χ0v) is 14.5. The van der Waals surface area contributed by atoms with E-state index in [2.05, 4.69) is 37.7 Å². The molecular weight excluding hydrogens is 284 g/mol. The monoisotopic (exact) mass is 312 g/mol. The number of hydrogen-bond donors (Lipinski definition) is 2. The maximum Gasteiger partial charge on any atom is 0.240 e. The summed E-state index contributed by atoms with van der Waals surface area (Å²) in [5, 5.41) is 3.08. The Bertz CT molecular complexity index is 534. The van der Waals surface area contributed by atoms with Crippen LogP contribution in [0.15, 0.2) is 29.2 Å². The number of sulfonamides is 1. The van der Waals surface area contributed by atoms with Crippen LogP contribution >= 0.6 is 0 Å². The summed E-state index contributed by atoms with van der Waals surface area (Å²) in [6.07, 6.45) is 0.893. The highest BCUT2D eigenvalue weighted by molar-refractivity contribution is 7.89. The van der Waals surface area contributed by atoms with Gasteiger partial charge in [-0.25, -0.2) is 13.1 Å². The maximum atomic E-state index is 12.3. The molecule has 0 bridgehead atoms. The van der Waals surface area contributed by atoms with E-state index in [-0.39, 0.29) is 5.41 Å². The van der Waals surface area contributed by atoms with E-state index in [1.165, 1.54) is 0 Å². The van der Waals surface area contributed by atoms with Crippen LogP contribution in [0.4, 0.5) is 0 Å². The molecule has 0 heterocycles. The standard InChI is InChI=1S/C16H28N2O2S/c1-13(2)16(3,4)12-18-21(19,20)15-8-6-14(7-9-15)10-11-17-5/h6-9,13,17-18H,10-12H2,1-5H3. The predicted molar refractivity (Wildman–Crippen MR) is 87.9 cm³/mol. The molecule has 0 unspecified atom stereocenters. The molecule has 0 saturated carbocycles. The second-order valence-electron chi connectivity index (χ2n) is 6.47. The molecule has 1 aromatic carbocycles. The van der Waals surface area contributed by atoms with Gasteiger partial charge in [-0.2, -0.15) is 0 Å². The molecule has 21 heavy (non-hydrogen) atoms. The van der Waals surface area contributed by atoms with Gasteiger partial charge in [0.2, 0.25) is 10.0 Å². The smallest absolute Gasteiger partial charge is 0.240 e. The lowest BCUT2D eigenvalue weighted by molar-refractivity contribution is 0.252. The summed E-state index contributed by atoms with van der Waals surface area (Å²) in [5.41, 5.74) is 1.06. The molecule has 0 spiro atoms. The molecule has 0 fully saturated rings. The van der Waals surface area contributed by atoms with Gasteiger partial charge in [-0.15, -0.1) is 0 Å². The summed E-state index contributed by atoms with van der Waals surface area (Å²) in [5.74, 6) is 0.407. The van der Waals surface area contributed by atoms with Crippen LogP contribution in [0.1, 0.15) is 33.3 Å². The van der Waals surface area contributed by atoms with Crippen molar-refractivity contribution < 1.29 is 8.42 Å². The van der Waals surface area contributed by atoms with Crippen LogP contribution in [-0.4, -0.2) is 28.6 Å². The average Bonchev–Trinajstić information content (AvgIpc) is 2.43. The topological polar surface area (TPSA) is 58.2 Å². The number of likely N-dealkylation sites (N-methyl/N-ethyl adjacent to an activating group) is 1. The van der Waals surface area contributed by atoms with E-state index in [1.54, 1.807) is 12.1 Å². The lowest BCUT2D eigenvalue weighted by atomic mass is 9.81. The molecule has 0 aliphatic carbocycles. The highest BCUT2D eigenvalue weighted by Gasteiger charge is 2.25. The SMILES string of the molecule is CNCCc1ccc(S(=O)(=O)NCC(C)(C)C(C)C)cc1. The quantitative estimate of drug-likeness (QED) is 0.775. The number of rotatable bonds is 8. The first-order valence-corrected chi connectivity index (χ1v) is 8.90. The van der Waals surface area contributed by atoms with Crippen molar-refractivity contribution in [3.8, 4) is 0 Å². The van der Waals surface area contributed by atoms with Crippen LogP contribution in [0.25, 0.3) is 0 Å². The van der Waals surface area contributed by atoms with E-state index in [0.29, 0.717) is 17.4 Å². The Balaban J connectivity index is 2.74. The fraction of sp³-hybridized carbons (Fsp3) is 0.625. The van der Waals surface area contributed by atoms with Gasteiger partial charge in [0.1, 0.15) is 0 Å². The third-order valence-corrected chi connectivity index (χ3v) is 5.60.